The van der Waals surface area contributed by atoms with Gasteiger partial charge in [0.15, 0.2) is 0 Å². The fraction of sp³-hybridized carbons (Fsp3) is 1.00. The molecule has 0 aromatic heterocycles. The van der Waals surface area contributed by atoms with Crippen LogP contribution in [0.4, 0.5) is 0 Å². The first-order chi connectivity index (χ1) is 7.60. The van der Waals surface area contributed by atoms with E-state index in [-0.39, 0.29) is 6.10 Å². The molecule has 16 heavy (non-hydrogen) atoms. The number of hydrogen-bond acceptors (Lipinski definition) is 4. The van der Waals surface area contributed by atoms with Crippen molar-refractivity contribution < 1.29 is 13.5 Å². The van der Waals surface area contributed by atoms with Gasteiger partial charge < -0.3 is 10.4 Å². The van der Waals surface area contributed by atoms with E-state index in [1.165, 1.54) is 8.61 Å². The summed E-state index contributed by atoms with van der Waals surface area (Å²) in [4.78, 5) is 0. The molecule has 6 nitrogen and oxygen atoms in total. The maximum Gasteiger partial charge on any atom is 0.282 e. The molecule has 0 spiro atoms. The standard InChI is InChI=1S/C9H19N3O3S/c13-9-1-5-11(6-2-9)16(14,15)12-7-3-10-4-8-12/h9-10,13H,1-8H2. The molecule has 2 saturated heterocycles. The van der Waals surface area contributed by atoms with Crippen molar-refractivity contribution in [3.05, 3.63) is 0 Å². The van der Waals surface area contributed by atoms with Crippen molar-refractivity contribution in [3.8, 4) is 0 Å². The molecule has 0 aromatic carbocycles. The van der Waals surface area contributed by atoms with Crippen LogP contribution in [-0.2, 0) is 10.2 Å². The fourth-order valence-electron chi connectivity index (χ4n) is 2.11. The van der Waals surface area contributed by atoms with E-state index in [1.54, 1.807) is 0 Å². The Kier molecular flexibility index (Phi) is 3.81. The van der Waals surface area contributed by atoms with Crippen molar-refractivity contribution in [2.45, 2.75) is 18.9 Å². The third-order valence-electron chi connectivity index (χ3n) is 3.15. The van der Waals surface area contributed by atoms with Crippen molar-refractivity contribution in [2.75, 3.05) is 39.3 Å². The maximum atomic E-state index is 12.2. The number of piperidine rings is 1. The van der Waals surface area contributed by atoms with Gasteiger partial charge in [-0.15, -0.1) is 0 Å². The van der Waals surface area contributed by atoms with Crippen LogP contribution in [0.15, 0.2) is 0 Å². The van der Waals surface area contributed by atoms with Crippen LogP contribution in [-0.4, -0.2) is 67.5 Å². The molecule has 0 bridgehead atoms. The molecule has 0 aromatic rings. The van der Waals surface area contributed by atoms with Gasteiger partial charge in [-0.1, -0.05) is 0 Å². The molecule has 7 heteroatoms. The van der Waals surface area contributed by atoms with E-state index in [9.17, 15) is 13.5 Å². The van der Waals surface area contributed by atoms with E-state index in [0.717, 1.165) is 13.1 Å². The first-order valence-corrected chi connectivity index (χ1v) is 7.14. The van der Waals surface area contributed by atoms with E-state index in [1.807, 2.05) is 0 Å². The minimum absolute atomic E-state index is 0.338. The van der Waals surface area contributed by atoms with Crippen molar-refractivity contribution in [1.82, 2.24) is 13.9 Å². The Balaban J connectivity index is 2.00. The van der Waals surface area contributed by atoms with Gasteiger partial charge in [0.25, 0.3) is 10.2 Å². The topological polar surface area (TPSA) is 72.9 Å². The van der Waals surface area contributed by atoms with Crippen LogP contribution in [0, 0.1) is 0 Å². The number of nitrogens with one attached hydrogen (secondary N) is 1. The largest absolute Gasteiger partial charge is 0.393 e. The van der Waals surface area contributed by atoms with Gasteiger partial charge in [-0.3, -0.25) is 0 Å². The molecule has 0 radical (unpaired) electrons. The van der Waals surface area contributed by atoms with Gasteiger partial charge in [0, 0.05) is 39.3 Å². The fourth-order valence-corrected chi connectivity index (χ4v) is 3.75. The average Bonchev–Trinajstić information content (AvgIpc) is 2.31. The Bertz CT molecular complexity index is 319. The molecule has 2 rings (SSSR count). The highest BCUT2D eigenvalue weighted by molar-refractivity contribution is 7.86. The van der Waals surface area contributed by atoms with E-state index in [0.29, 0.717) is 39.0 Å². The molecular weight excluding hydrogens is 230 g/mol. The number of aliphatic hydroxyl groups excluding tert-OH is 1. The summed E-state index contributed by atoms with van der Waals surface area (Å²) in [5.41, 5.74) is 0. The number of nitrogens with zero attached hydrogens (tertiary/aromatic N) is 2. The monoisotopic (exact) mass is 249 g/mol. The smallest absolute Gasteiger partial charge is 0.282 e. The highest BCUT2D eigenvalue weighted by Crippen LogP contribution is 2.17. The Morgan fingerprint density at radius 1 is 1.00 bits per heavy atom. The SMILES string of the molecule is O=S(=O)(N1CCNCC1)N1CCC(O)CC1. The van der Waals surface area contributed by atoms with Gasteiger partial charge in [0.1, 0.15) is 0 Å². The van der Waals surface area contributed by atoms with Crippen molar-refractivity contribution in [2.24, 2.45) is 0 Å². The lowest BCUT2D eigenvalue weighted by Crippen LogP contribution is -2.53. The molecule has 0 saturated carbocycles. The van der Waals surface area contributed by atoms with Crippen LogP contribution >= 0.6 is 0 Å². The van der Waals surface area contributed by atoms with E-state index in [4.69, 9.17) is 0 Å². The first-order valence-electron chi connectivity index (χ1n) is 5.75. The summed E-state index contributed by atoms with van der Waals surface area (Å²) in [7, 11) is -3.29. The zero-order valence-corrected chi connectivity index (χ0v) is 10.1. The predicted octanol–water partition coefficient (Wildman–Crippen LogP) is -1.41. The molecule has 2 aliphatic heterocycles. The zero-order valence-electron chi connectivity index (χ0n) is 9.30. The summed E-state index contributed by atoms with van der Waals surface area (Å²) in [6.45, 7) is 3.40. The third kappa shape index (κ3) is 2.54. The molecule has 0 amide bonds. The number of piperazine rings is 1. The van der Waals surface area contributed by atoms with Crippen LogP contribution in [0.2, 0.25) is 0 Å². The summed E-state index contributed by atoms with van der Waals surface area (Å²) < 4.78 is 27.4. The lowest BCUT2D eigenvalue weighted by Gasteiger charge is -2.35. The van der Waals surface area contributed by atoms with Crippen LogP contribution in [0.25, 0.3) is 0 Å². The molecule has 0 aliphatic carbocycles. The first kappa shape index (κ1) is 12.3. The van der Waals surface area contributed by atoms with Gasteiger partial charge in [-0.25, -0.2) is 0 Å². The Morgan fingerprint density at radius 2 is 1.50 bits per heavy atom. The van der Waals surface area contributed by atoms with Crippen LogP contribution in [0.5, 0.6) is 0 Å². The van der Waals surface area contributed by atoms with E-state index < -0.39 is 10.2 Å². The average molecular weight is 249 g/mol. The number of hydrogen-bond donors (Lipinski definition) is 2. The van der Waals surface area contributed by atoms with Gasteiger partial charge in [0.2, 0.25) is 0 Å². The van der Waals surface area contributed by atoms with Crippen molar-refractivity contribution >= 4 is 10.2 Å². The van der Waals surface area contributed by atoms with Gasteiger partial charge in [0.05, 0.1) is 6.10 Å². The normalized spacial score (nSPS) is 27.1. The lowest BCUT2D eigenvalue weighted by atomic mass is 10.1. The molecule has 0 unspecified atom stereocenters. The second-order valence-electron chi connectivity index (χ2n) is 4.29. The van der Waals surface area contributed by atoms with Crippen LogP contribution in [0.1, 0.15) is 12.8 Å². The summed E-state index contributed by atoms with van der Waals surface area (Å²) in [5, 5.41) is 12.5. The Morgan fingerprint density at radius 3 is 2.06 bits per heavy atom. The molecular formula is C9H19N3O3S. The summed E-state index contributed by atoms with van der Waals surface area (Å²) in [5.74, 6) is 0. The number of aliphatic hydroxyl groups is 1. The highest BCUT2D eigenvalue weighted by atomic mass is 32.2. The zero-order chi connectivity index (χ0) is 11.6. The van der Waals surface area contributed by atoms with Crippen molar-refractivity contribution in [1.29, 1.82) is 0 Å². The van der Waals surface area contributed by atoms with Gasteiger partial charge in [-0.2, -0.15) is 17.0 Å². The summed E-state index contributed by atoms with van der Waals surface area (Å²) in [6, 6.07) is 0. The summed E-state index contributed by atoms with van der Waals surface area (Å²) >= 11 is 0. The van der Waals surface area contributed by atoms with Crippen LogP contribution < -0.4 is 5.32 Å². The minimum Gasteiger partial charge on any atom is -0.393 e. The summed E-state index contributed by atoms with van der Waals surface area (Å²) in [6.07, 6.45) is 0.755. The van der Waals surface area contributed by atoms with Crippen LogP contribution in [0.3, 0.4) is 0 Å². The minimum atomic E-state index is -3.29. The van der Waals surface area contributed by atoms with E-state index >= 15 is 0 Å². The second kappa shape index (κ2) is 4.97. The Hall–Kier alpha value is -0.210. The Labute approximate surface area is 96.4 Å². The molecule has 2 aliphatic rings. The number of rotatable bonds is 2. The van der Waals surface area contributed by atoms with E-state index in [2.05, 4.69) is 5.32 Å². The van der Waals surface area contributed by atoms with Gasteiger partial charge >= 0.3 is 0 Å². The molecule has 2 N–H and O–H groups in total. The third-order valence-corrected chi connectivity index (χ3v) is 5.19. The molecule has 94 valence electrons. The van der Waals surface area contributed by atoms with Gasteiger partial charge in [-0.05, 0) is 12.8 Å². The molecule has 0 atom stereocenters. The quantitative estimate of drug-likeness (QED) is 0.631. The lowest BCUT2D eigenvalue weighted by molar-refractivity contribution is 0.110. The highest BCUT2D eigenvalue weighted by Gasteiger charge is 2.32. The predicted molar refractivity (Wildman–Crippen MR) is 60.2 cm³/mol. The molecule has 2 fully saturated rings. The van der Waals surface area contributed by atoms with Crippen molar-refractivity contribution in [3.63, 3.8) is 0 Å². The molecule has 2 heterocycles. The second-order valence-corrected chi connectivity index (χ2v) is 6.22. The maximum absolute atomic E-state index is 12.2.